The van der Waals surface area contributed by atoms with Crippen LogP contribution in [0.5, 0.6) is 0 Å². The number of halogens is 1. The van der Waals surface area contributed by atoms with Crippen LogP contribution in [-0.4, -0.2) is 0 Å². The second kappa shape index (κ2) is 4.85. The highest BCUT2D eigenvalue weighted by Crippen LogP contribution is 2.04. The Morgan fingerprint density at radius 3 is 2.62 bits per heavy atom. The van der Waals surface area contributed by atoms with E-state index in [2.05, 4.69) is 22.5 Å². The Kier molecular flexibility index (Phi) is 4.67. The first-order chi connectivity index (χ1) is 3.81. The van der Waals surface area contributed by atoms with Gasteiger partial charge in [0.2, 0.25) is 0 Å². The van der Waals surface area contributed by atoms with E-state index in [1.54, 1.807) is 6.08 Å². The van der Waals surface area contributed by atoms with Crippen molar-refractivity contribution in [2.75, 3.05) is 0 Å². The predicted octanol–water partition coefficient (Wildman–Crippen LogP) is 3.03. The first-order valence-electron chi connectivity index (χ1n) is 2.42. The molecule has 0 N–H and O–H groups in total. The SMILES string of the molecule is C=C/C=C\C(Br)=C/C. The maximum atomic E-state index is 3.53. The Hall–Kier alpha value is -0.300. The molecule has 0 atom stereocenters. The van der Waals surface area contributed by atoms with Crippen LogP contribution in [0.3, 0.4) is 0 Å². The zero-order valence-electron chi connectivity index (χ0n) is 4.89. The van der Waals surface area contributed by atoms with Gasteiger partial charge < -0.3 is 0 Å². The van der Waals surface area contributed by atoms with Gasteiger partial charge in [0.1, 0.15) is 0 Å². The van der Waals surface area contributed by atoms with Crippen LogP contribution < -0.4 is 0 Å². The largest absolute Gasteiger partial charge is 0.0991 e. The van der Waals surface area contributed by atoms with Gasteiger partial charge in [-0.05, 0) is 13.0 Å². The van der Waals surface area contributed by atoms with Gasteiger partial charge in [-0.3, -0.25) is 0 Å². The van der Waals surface area contributed by atoms with Crippen molar-refractivity contribution in [1.29, 1.82) is 0 Å². The van der Waals surface area contributed by atoms with Crippen molar-refractivity contribution >= 4 is 15.9 Å². The van der Waals surface area contributed by atoms with E-state index in [0.29, 0.717) is 0 Å². The van der Waals surface area contributed by atoms with E-state index >= 15 is 0 Å². The lowest BCUT2D eigenvalue weighted by atomic mass is 10.4. The van der Waals surface area contributed by atoms with Gasteiger partial charge in [-0.2, -0.15) is 0 Å². The van der Waals surface area contributed by atoms with Crippen LogP contribution in [0.25, 0.3) is 0 Å². The highest BCUT2D eigenvalue weighted by molar-refractivity contribution is 9.11. The van der Waals surface area contributed by atoms with Crippen LogP contribution in [0.2, 0.25) is 0 Å². The van der Waals surface area contributed by atoms with Crippen LogP contribution in [0.1, 0.15) is 6.92 Å². The molecule has 0 spiro atoms. The van der Waals surface area contributed by atoms with Gasteiger partial charge in [-0.15, -0.1) is 0 Å². The fraction of sp³-hybridized carbons (Fsp3) is 0.143. The highest BCUT2D eigenvalue weighted by Gasteiger charge is 1.73. The highest BCUT2D eigenvalue weighted by atomic mass is 79.9. The molecular weight excluding hydrogens is 164 g/mol. The zero-order chi connectivity index (χ0) is 6.41. The van der Waals surface area contributed by atoms with Gasteiger partial charge in [0.05, 0.1) is 0 Å². The maximum Gasteiger partial charge on any atom is 0.0132 e. The third kappa shape index (κ3) is 3.88. The lowest BCUT2D eigenvalue weighted by Gasteiger charge is -1.79. The molecule has 8 heavy (non-hydrogen) atoms. The topological polar surface area (TPSA) is 0 Å². The third-order valence-corrected chi connectivity index (χ3v) is 1.39. The van der Waals surface area contributed by atoms with Crippen molar-refractivity contribution in [2.45, 2.75) is 6.92 Å². The molecular formula is C7H9Br. The summed E-state index contributed by atoms with van der Waals surface area (Å²) in [6, 6.07) is 0. The molecule has 0 aliphatic rings. The lowest BCUT2D eigenvalue weighted by Crippen LogP contribution is -1.55. The van der Waals surface area contributed by atoms with E-state index in [-0.39, 0.29) is 0 Å². The molecule has 0 unspecified atom stereocenters. The van der Waals surface area contributed by atoms with Crippen LogP contribution in [0.4, 0.5) is 0 Å². The van der Waals surface area contributed by atoms with Gasteiger partial charge in [-0.25, -0.2) is 0 Å². The Bertz CT molecular complexity index is 120. The van der Waals surface area contributed by atoms with Gasteiger partial charge in [-0.1, -0.05) is 40.7 Å². The monoisotopic (exact) mass is 172 g/mol. The summed E-state index contributed by atoms with van der Waals surface area (Å²) in [6.07, 6.45) is 7.53. The molecule has 0 aromatic carbocycles. The van der Waals surface area contributed by atoms with E-state index in [1.165, 1.54) is 0 Å². The molecule has 0 aliphatic heterocycles. The molecule has 0 aromatic heterocycles. The summed E-state index contributed by atoms with van der Waals surface area (Å²) in [7, 11) is 0. The molecule has 0 saturated carbocycles. The average molecular weight is 173 g/mol. The molecule has 44 valence electrons. The van der Waals surface area contributed by atoms with Crippen molar-refractivity contribution in [1.82, 2.24) is 0 Å². The molecule has 0 amide bonds. The van der Waals surface area contributed by atoms with Gasteiger partial charge in [0, 0.05) is 4.48 Å². The van der Waals surface area contributed by atoms with Crippen molar-refractivity contribution < 1.29 is 0 Å². The van der Waals surface area contributed by atoms with Crippen molar-refractivity contribution in [3.8, 4) is 0 Å². The summed E-state index contributed by atoms with van der Waals surface area (Å²) in [6.45, 7) is 5.50. The minimum Gasteiger partial charge on any atom is -0.0991 e. The smallest absolute Gasteiger partial charge is 0.0132 e. The van der Waals surface area contributed by atoms with Gasteiger partial charge in [0.15, 0.2) is 0 Å². The van der Waals surface area contributed by atoms with Crippen LogP contribution in [-0.2, 0) is 0 Å². The lowest BCUT2D eigenvalue weighted by molar-refractivity contribution is 1.71. The summed E-state index contributed by atoms with van der Waals surface area (Å²) in [4.78, 5) is 0. The number of rotatable bonds is 2. The Morgan fingerprint density at radius 1 is 1.62 bits per heavy atom. The summed E-state index contributed by atoms with van der Waals surface area (Å²) in [5.41, 5.74) is 0. The van der Waals surface area contributed by atoms with Crippen LogP contribution in [0.15, 0.2) is 35.4 Å². The van der Waals surface area contributed by atoms with Crippen molar-refractivity contribution in [2.24, 2.45) is 0 Å². The Labute approximate surface area is 58.7 Å². The van der Waals surface area contributed by atoms with Gasteiger partial charge in [0.25, 0.3) is 0 Å². The standard InChI is InChI=1S/C7H9Br/c1-3-5-6-7(8)4-2/h3-6H,1H2,2H3/b6-5-,7-4+. The van der Waals surface area contributed by atoms with Crippen LogP contribution in [0, 0.1) is 0 Å². The maximum absolute atomic E-state index is 3.53. The molecule has 0 nitrogen and oxygen atoms in total. The Balaban J connectivity index is 3.69. The summed E-state index contributed by atoms with van der Waals surface area (Å²) in [5.74, 6) is 0. The van der Waals surface area contributed by atoms with E-state index in [4.69, 9.17) is 0 Å². The van der Waals surface area contributed by atoms with E-state index < -0.39 is 0 Å². The first kappa shape index (κ1) is 7.70. The number of hydrogen-bond donors (Lipinski definition) is 0. The third-order valence-electron chi connectivity index (χ3n) is 0.667. The molecule has 0 rings (SSSR count). The molecule has 0 aromatic rings. The van der Waals surface area contributed by atoms with E-state index in [9.17, 15) is 0 Å². The fourth-order valence-electron chi connectivity index (χ4n) is 0.256. The Morgan fingerprint density at radius 2 is 2.25 bits per heavy atom. The number of hydrogen-bond acceptors (Lipinski definition) is 0. The second-order valence-electron chi connectivity index (χ2n) is 1.27. The van der Waals surface area contributed by atoms with E-state index in [0.717, 1.165) is 4.48 Å². The second-order valence-corrected chi connectivity index (χ2v) is 2.18. The van der Waals surface area contributed by atoms with Crippen molar-refractivity contribution in [3.63, 3.8) is 0 Å². The minimum absolute atomic E-state index is 1.08. The predicted molar refractivity (Wildman–Crippen MR) is 42.0 cm³/mol. The molecule has 0 saturated heterocycles. The van der Waals surface area contributed by atoms with Crippen molar-refractivity contribution in [3.05, 3.63) is 35.4 Å². The molecule has 1 heteroatoms. The first-order valence-corrected chi connectivity index (χ1v) is 3.21. The molecule has 0 aliphatic carbocycles. The summed E-state index contributed by atoms with van der Waals surface area (Å²) in [5, 5.41) is 0. The van der Waals surface area contributed by atoms with Gasteiger partial charge >= 0.3 is 0 Å². The number of allylic oxidation sites excluding steroid dienone is 5. The minimum atomic E-state index is 1.08. The molecule has 0 heterocycles. The molecule has 0 fully saturated rings. The zero-order valence-corrected chi connectivity index (χ0v) is 6.48. The fourth-order valence-corrected chi connectivity index (χ4v) is 0.409. The normalized spacial score (nSPS) is 12.5. The quantitative estimate of drug-likeness (QED) is 0.563. The average Bonchev–Trinajstić information content (AvgIpc) is 1.83. The molecule has 0 radical (unpaired) electrons. The molecule has 0 bridgehead atoms. The van der Waals surface area contributed by atoms with E-state index in [1.807, 2.05) is 25.2 Å². The summed E-state index contributed by atoms with van der Waals surface area (Å²) < 4.78 is 1.08. The summed E-state index contributed by atoms with van der Waals surface area (Å²) >= 11 is 3.30. The van der Waals surface area contributed by atoms with Crippen LogP contribution >= 0.6 is 15.9 Å².